The van der Waals surface area contributed by atoms with Crippen molar-refractivity contribution in [1.29, 1.82) is 5.26 Å². The number of hydrogen-bond acceptors (Lipinski definition) is 1. The number of aryl methyl sites for hydroxylation is 4. The van der Waals surface area contributed by atoms with Crippen LogP contribution >= 0.6 is 0 Å². The van der Waals surface area contributed by atoms with E-state index in [1.165, 1.54) is 55.8 Å². The summed E-state index contributed by atoms with van der Waals surface area (Å²) < 4.78 is 7.07. The number of benzene rings is 4. The first-order chi connectivity index (χ1) is 18.5. The first kappa shape index (κ1) is 22.6. The van der Waals surface area contributed by atoms with Gasteiger partial charge in [0.05, 0.1) is 28.2 Å². The van der Waals surface area contributed by atoms with Crippen molar-refractivity contribution in [2.24, 2.45) is 0 Å². The molecule has 0 atom stereocenters. The lowest BCUT2D eigenvalue weighted by Crippen LogP contribution is -2.30. The number of hydrogen-bond donors (Lipinski definition) is 0. The molecule has 0 fully saturated rings. The molecule has 7 rings (SSSR count). The summed E-state index contributed by atoms with van der Waals surface area (Å²) in [5.74, 6) is 1.21. The van der Waals surface area contributed by atoms with Gasteiger partial charge in [-0.2, -0.15) is 9.83 Å². The Morgan fingerprint density at radius 2 is 1.68 bits per heavy atom. The Hall–Kier alpha value is -4.62. The normalized spacial score (nSPS) is 12.2. The molecule has 0 bridgehead atoms. The van der Waals surface area contributed by atoms with E-state index in [1.54, 1.807) is 0 Å². The number of imidazole rings is 1. The minimum atomic E-state index is 0.684. The molecule has 4 heteroatoms. The van der Waals surface area contributed by atoms with E-state index in [-0.39, 0.29) is 0 Å². The van der Waals surface area contributed by atoms with E-state index >= 15 is 0 Å². The van der Waals surface area contributed by atoms with E-state index in [9.17, 15) is 5.26 Å². The van der Waals surface area contributed by atoms with Crippen LogP contribution in [0.5, 0.6) is 0 Å². The Balaban J connectivity index is 1.53. The molecule has 4 nitrogen and oxygen atoms in total. The fraction of sp³-hybridized carbons (Fsp3) is 0.176. The van der Waals surface area contributed by atoms with E-state index < -0.39 is 0 Å². The summed E-state index contributed by atoms with van der Waals surface area (Å²) in [5.41, 5.74) is 13.1. The molecule has 4 aromatic carbocycles. The van der Waals surface area contributed by atoms with E-state index in [0.717, 1.165) is 29.6 Å². The van der Waals surface area contributed by atoms with Gasteiger partial charge in [-0.25, -0.2) is 4.57 Å². The standard InChI is InChI=1S/C34H29N4/c1-5-24-7-6-8-27(15-24)38-31-10-9-25(19-35)16-29(31)30-18-28-26(17-32(30)38)20-36-11-12-37(34(28)36)33-22(3)13-21(2)14-23(33)4/h6-18H,5,20H2,1-4H3/q+1. The third-order valence-electron chi connectivity index (χ3n) is 8.05. The SMILES string of the molecule is CCc1cccc(-n2c3ccc(C#N)cc3c3cc4c(cc32)C[n+]2ccn(-c3c(C)cc(C)cc3C)c2-4)c1. The maximum absolute atomic E-state index is 9.69. The maximum atomic E-state index is 9.69. The number of aromatic nitrogens is 3. The second-order valence-corrected chi connectivity index (χ2v) is 10.6. The second kappa shape index (κ2) is 8.19. The molecule has 3 heterocycles. The Morgan fingerprint density at radius 3 is 2.45 bits per heavy atom. The van der Waals surface area contributed by atoms with E-state index in [2.05, 4.69) is 114 Å². The van der Waals surface area contributed by atoms with Crippen molar-refractivity contribution >= 4 is 21.8 Å². The van der Waals surface area contributed by atoms with Gasteiger partial charge in [0.25, 0.3) is 5.82 Å². The molecule has 1 aliphatic rings. The summed E-state index contributed by atoms with van der Waals surface area (Å²) in [7, 11) is 0. The lowest BCUT2D eigenvalue weighted by Gasteiger charge is -2.10. The minimum absolute atomic E-state index is 0.684. The predicted molar refractivity (Wildman–Crippen MR) is 153 cm³/mol. The van der Waals surface area contributed by atoms with Gasteiger partial charge in [-0.15, -0.1) is 0 Å². The highest BCUT2D eigenvalue weighted by molar-refractivity contribution is 6.11. The molecule has 1 aliphatic heterocycles. The van der Waals surface area contributed by atoms with Crippen molar-refractivity contribution in [1.82, 2.24) is 9.13 Å². The second-order valence-electron chi connectivity index (χ2n) is 10.6. The molecule has 0 N–H and O–H groups in total. The summed E-state index contributed by atoms with van der Waals surface area (Å²) in [5, 5.41) is 12.0. The van der Waals surface area contributed by atoms with E-state index in [1.807, 2.05) is 12.1 Å². The van der Waals surface area contributed by atoms with Crippen LogP contribution in [0.2, 0.25) is 0 Å². The molecule has 6 aromatic rings. The minimum Gasteiger partial charge on any atom is -0.309 e. The van der Waals surface area contributed by atoms with Gasteiger partial charge in [0, 0.05) is 22.0 Å². The zero-order valence-corrected chi connectivity index (χ0v) is 22.2. The van der Waals surface area contributed by atoms with Crippen molar-refractivity contribution in [3.8, 4) is 28.8 Å². The number of rotatable bonds is 3. The lowest BCUT2D eigenvalue weighted by atomic mass is 10.0. The monoisotopic (exact) mass is 493 g/mol. The topological polar surface area (TPSA) is 37.5 Å². The molecule has 0 amide bonds. The van der Waals surface area contributed by atoms with Gasteiger partial charge in [-0.05, 0) is 86.3 Å². The molecule has 0 spiro atoms. The molecule has 2 aromatic heterocycles. The van der Waals surface area contributed by atoms with Crippen LogP contribution in [-0.2, 0) is 13.0 Å². The molecule has 38 heavy (non-hydrogen) atoms. The van der Waals surface area contributed by atoms with Gasteiger partial charge >= 0.3 is 0 Å². The fourth-order valence-corrected chi connectivity index (χ4v) is 6.47. The summed E-state index contributed by atoms with van der Waals surface area (Å²) in [4.78, 5) is 0. The van der Waals surface area contributed by atoms with Crippen LogP contribution in [0.25, 0.3) is 44.6 Å². The average Bonchev–Trinajstić information content (AvgIpc) is 3.57. The highest BCUT2D eigenvalue weighted by atomic mass is 15.2. The van der Waals surface area contributed by atoms with Gasteiger partial charge in [0.1, 0.15) is 24.6 Å². The molecule has 184 valence electrons. The molecule has 0 saturated carbocycles. The van der Waals surface area contributed by atoms with Crippen molar-refractivity contribution in [2.75, 3.05) is 0 Å². The summed E-state index contributed by atoms with van der Waals surface area (Å²) >= 11 is 0. The van der Waals surface area contributed by atoms with E-state index in [0.29, 0.717) is 5.56 Å². The average molecular weight is 494 g/mol. The maximum Gasteiger partial charge on any atom is 0.294 e. The Labute approximate surface area is 222 Å². The zero-order chi connectivity index (χ0) is 26.1. The van der Waals surface area contributed by atoms with Gasteiger partial charge < -0.3 is 4.57 Å². The molecule has 0 radical (unpaired) electrons. The van der Waals surface area contributed by atoms with Crippen LogP contribution < -0.4 is 4.57 Å². The Morgan fingerprint density at radius 1 is 0.895 bits per heavy atom. The fourth-order valence-electron chi connectivity index (χ4n) is 6.47. The van der Waals surface area contributed by atoms with E-state index in [4.69, 9.17) is 0 Å². The van der Waals surface area contributed by atoms with Crippen LogP contribution in [0, 0.1) is 32.1 Å². The van der Waals surface area contributed by atoms with Crippen molar-refractivity contribution in [2.45, 2.75) is 40.7 Å². The quantitative estimate of drug-likeness (QED) is 0.239. The van der Waals surface area contributed by atoms with Crippen LogP contribution in [0.4, 0.5) is 0 Å². The van der Waals surface area contributed by atoms with Crippen LogP contribution in [-0.4, -0.2) is 9.13 Å². The smallest absolute Gasteiger partial charge is 0.294 e. The number of nitrogens with zero attached hydrogens (tertiary/aromatic N) is 4. The zero-order valence-electron chi connectivity index (χ0n) is 22.2. The molecule has 0 aliphatic carbocycles. The number of fused-ring (bicyclic) bond motifs is 6. The molecule has 0 saturated heterocycles. The van der Waals surface area contributed by atoms with Crippen LogP contribution in [0.3, 0.4) is 0 Å². The van der Waals surface area contributed by atoms with Crippen molar-refractivity contribution in [3.05, 3.63) is 113 Å². The lowest BCUT2D eigenvalue weighted by molar-refractivity contribution is -0.671. The summed E-state index contributed by atoms with van der Waals surface area (Å²) in [6, 6.07) is 26.4. The van der Waals surface area contributed by atoms with Crippen molar-refractivity contribution < 1.29 is 4.57 Å². The Kier molecular flexibility index (Phi) is 4.87. The highest BCUT2D eigenvalue weighted by Gasteiger charge is 2.32. The highest BCUT2D eigenvalue weighted by Crippen LogP contribution is 2.39. The molecular formula is C34H29N4+. The number of nitriles is 1. The van der Waals surface area contributed by atoms with Gasteiger partial charge in [-0.3, -0.25) is 0 Å². The first-order valence-electron chi connectivity index (χ1n) is 13.3. The van der Waals surface area contributed by atoms with Gasteiger partial charge in [0.15, 0.2) is 0 Å². The third-order valence-corrected chi connectivity index (χ3v) is 8.05. The van der Waals surface area contributed by atoms with Crippen molar-refractivity contribution in [3.63, 3.8) is 0 Å². The predicted octanol–water partition coefficient (Wildman–Crippen LogP) is 7.25. The molecule has 0 unspecified atom stereocenters. The Bertz CT molecular complexity index is 1950. The summed E-state index contributed by atoms with van der Waals surface area (Å²) in [6.45, 7) is 9.60. The van der Waals surface area contributed by atoms with Gasteiger partial charge in [0.2, 0.25) is 0 Å². The first-order valence-corrected chi connectivity index (χ1v) is 13.3. The molecular weight excluding hydrogens is 464 g/mol. The van der Waals surface area contributed by atoms with Gasteiger partial charge in [-0.1, -0.05) is 36.8 Å². The van der Waals surface area contributed by atoms with Crippen LogP contribution in [0.15, 0.2) is 79.1 Å². The third kappa shape index (κ3) is 3.18. The summed E-state index contributed by atoms with van der Waals surface area (Å²) in [6.07, 6.45) is 5.39. The van der Waals surface area contributed by atoms with Crippen LogP contribution in [0.1, 0.15) is 40.3 Å². The largest absolute Gasteiger partial charge is 0.309 e.